The molecule has 4 heteroatoms. The predicted molar refractivity (Wildman–Crippen MR) is 74.5 cm³/mol. The maximum absolute atomic E-state index is 11.5. The highest BCUT2D eigenvalue weighted by atomic mass is 35.5. The number of aromatic nitrogens is 1. The van der Waals surface area contributed by atoms with Crippen molar-refractivity contribution < 1.29 is 9.21 Å². The van der Waals surface area contributed by atoms with E-state index >= 15 is 0 Å². The molecule has 0 fully saturated rings. The zero-order chi connectivity index (χ0) is 13.4. The second-order valence-corrected chi connectivity index (χ2v) is 4.67. The topological polar surface area (TPSA) is 43.1 Å². The molecule has 0 aliphatic rings. The molecule has 0 unspecified atom stereocenters. The van der Waals surface area contributed by atoms with Crippen LogP contribution in [0.4, 0.5) is 0 Å². The lowest BCUT2D eigenvalue weighted by Crippen LogP contribution is -1.91. The Bertz CT molecular complexity index is 759. The highest BCUT2D eigenvalue weighted by Gasteiger charge is 2.13. The van der Waals surface area contributed by atoms with E-state index in [9.17, 15) is 4.79 Å². The van der Waals surface area contributed by atoms with E-state index in [1.165, 1.54) is 6.92 Å². The van der Waals surface area contributed by atoms with Crippen LogP contribution in [0.3, 0.4) is 0 Å². The van der Waals surface area contributed by atoms with Crippen LogP contribution >= 0.6 is 11.6 Å². The first kappa shape index (κ1) is 11.9. The van der Waals surface area contributed by atoms with Crippen molar-refractivity contribution in [3.8, 4) is 11.5 Å². The molecule has 0 spiro atoms. The van der Waals surface area contributed by atoms with Crippen molar-refractivity contribution in [2.45, 2.75) is 6.92 Å². The summed E-state index contributed by atoms with van der Waals surface area (Å²) in [5.41, 5.74) is 2.58. The Morgan fingerprint density at radius 3 is 2.58 bits per heavy atom. The summed E-state index contributed by atoms with van der Waals surface area (Å²) in [5, 5.41) is 0.657. The van der Waals surface area contributed by atoms with Crippen LogP contribution in [-0.4, -0.2) is 10.8 Å². The van der Waals surface area contributed by atoms with Gasteiger partial charge in [-0.05, 0) is 43.3 Å². The van der Waals surface area contributed by atoms with Crippen LogP contribution in [0.15, 0.2) is 46.9 Å². The normalized spacial score (nSPS) is 10.8. The van der Waals surface area contributed by atoms with Crippen molar-refractivity contribution in [1.29, 1.82) is 0 Å². The van der Waals surface area contributed by atoms with Gasteiger partial charge in [0.05, 0.1) is 5.56 Å². The van der Waals surface area contributed by atoms with Crippen molar-refractivity contribution in [3.63, 3.8) is 0 Å². The van der Waals surface area contributed by atoms with Crippen molar-refractivity contribution >= 4 is 28.5 Å². The fourth-order valence-electron chi connectivity index (χ4n) is 1.94. The standard InChI is InChI=1S/C15H10ClNO2/c1-9(18)12-3-2-4-13-14(12)19-15(17-13)10-5-7-11(16)8-6-10/h2-8H,1H3. The molecule has 1 heterocycles. The Morgan fingerprint density at radius 1 is 1.16 bits per heavy atom. The Morgan fingerprint density at radius 2 is 1.89 bits per heavy atom. The Hall–Kier alpha value is -2.13. The van der Waals surface area contributed by atoms with Crippen molar-refractivity contribution in [2.75, 3.05) is 0 Å². The number of oxazole rings is 1. The molecule has 0 amide bonds. The van der Waals surface area contributed by atoms with E-state index in [4.69, 9.17) is 16.0 Å². The molecule has 3 rings (SSSR count). The first-order valence-corrected chi connectivity index (χ1v) is 6.19. The van der Waals surface area contributed by atoms with E-state index in [2.05, 4.69) is 4.98 Å². The molecule has 0 radical (unpaired) electrons. The average Bonchev–Trinajstić information content (AvgIpc) is 2.82. The maximum atomic E-state index is 11.5. The molecular weight excluding hydrogens is 262 g/mol. The number of benzene rings is 2. The Balaban J connectivity index is 2.19. The second kappa shape index (κ2) is 4.52. The van der Waals surface area contributed by atoms with E-state index in [1.807, 2.05) is 18.2 Å². The van der Waals surface area contributed by atoms with Crippen molar-refractivity contribution in [2.24, 2.45) is 0 Å². The number of hydrogen-bond acceptors (Lipinski definition) is 3. The number of rotatable bonds is 2. The lowest BCUT2D eigenvalue weighted by Gasteiger charge is -1.95. The van der Waals surface area contributed by atoms with Gasteiger partial charge in [0.25, 0.3) is 0 Å². The van der Waals surface area contributed by atoms with Gasteiger partial charge in [-0.15, -0.1) is 0 Å². The van der Waals surface area contributed by atoms with Gasteiger partial charge in [-0.25, -0.2) is 4.98 Å². The molecule has 0 N–H and O–H groups in total. The Labute approximate surface area is 114 Å². The summed E-state index contributed by atoms with van der Waals surface area (Å²) in [4.78, 5) is 15.9. The van der Waals surface area contributed by atoms with E-state index in [1.54, 1.807) is 24.3 Å². The third-order valence-corrected chi connectivity index (χ3v) is 3.14. The first-order chi connectivity index (χ1) is 9.15. The second-order valence-electron chi connectivity index (χ2n) is 4.24. The fraction of sp³-hybridized carbons (Fsp3) is 0.0667. The maximum Gasteiger partial charge on any atom is 0.227 e. The van der Waals surface area contributed by atoms with Gasteiger partial charge >= 0.3 is 0 Å². The van der Waals surface area contributed by atoms with Crippen molar-refractivity contribution in [1.82, 2.24) is 4.98 Å². The number of para-hydroxylation sites is 1. The van der Waals surface area contributed by atoms with Gasteiger partial charge in [-0.2, -0.15) is 0 Å². The van der Waals surface area contributed by atoms with Gasteiger partial charge in [0.2, 0.25) is 5.89 Å². The molecule has 1 aromatic heterocycles. The number of halogens is 1. The first-order valence-electron chi connectivity index (χ1n) is 5.81. The zero-order valence-corrected chi connectivity index (χ0v) is 10.9. The molecule has 0 saturated heterocycles. The molecule has 0 bridgehead atoms. The van der Waals surface area contributed by atoms with Crippen LogP contribution in [-0.2, 0) is 0 Å². The lowest BCUT2D eigenvalue weighted by atomic mass is 10.1. The van der Waals surface area contributed by atoms with Gasteiger partial charge in [0.15, 0.2) is 11.4 Å². The number of nitrogens with zero attached hydrogens (tertiary/aromatic N) is 1. The predicted octanol–water partition coefficient (Wildman–Crippen LogP) is 4.35. The highest BCUT2D eigenvalue weighted by molar-refractivity contribution is 6.30. The number of fused-ring (bicyclic) bond motifs is 1. The molecule has 0 aliphatic heterocycles. The summed E-state index contributed by atoms with van der Waals surface area (Å²) in [6.45, 7) is 1.51. The van der Waals surface area contributed by atoms with Gasteiger partial charge in [-0.3, -0.25) is 4.79 Å². The van der Waals surface area contributed by atoms with Crippen molar-refractivity contribution in [3.05, 3.63) is 53.1 Å². The SMILES string of the molecule is CC(=O)c1cccc2nc(-c3ccc(Cl)cc3)oc12. The molecular formula is C15H10ClNO2. The minimum absolute atomic E-state index is 0.0376. The minimum Gasteiger partial charge on any atom is -0.435 e. The summed E-state index contributed by atoms with van der Waals surface area (Å²) in [6.07, 6.45) is 0. The van der Waals surface area contributed by atoms with Gasteiger partial charge in [0, 0.05) is 10.6 Å². The molecule has 0 saturated carbocycles. The van der Waals surface area contributed by atoms with Crippen LogP contribution < -0.4 is 0 Å². The quantitative estimate of drug-likeness (QED) is 0.651. The van der Waals surface area contributed by atoms with Crippen LogP contribution in [0, 0.1) is 0 Å². The van der Waals surface area contributed by atoms with E-state index in [0.717, 1.165) is 5.56 Å². The fourth-order valence-corrected chi connectivity index (χ4v) is 2.07. The van der Waals surface area contributed by atoms with E-state index in [0.29, 0.717) is 27.6 Å². The zero-order valence-electron chi connectivity index (χ0n) is 10.2. The summed E-state index contributed by atoms with van der Waals surface area (Å²) < 4.78 is 5.71. The highest BCUT2D eigenvalue weighted by Crippen LogP contribution is 2.27. The molecule has 19 heavy (non-hydrogen) atoms. The minimum atomic E-state index is -0.0376. The van der Waals surface area contributed by atoms with E-state index < -0.39 is 0 Å². The number of carbonyl (C=O) groups excluding carboxylic acids is 1. The number of ketones is 1. The monoisotopic (exact) mass is 271 g/mol. The number of Topliss-reactive ketones (excluding diaryl/α,β-unsaturated/α-hetero) is 1. The van der Waals surface area contributed by atoms with Gasteiger partial charge in [-0.1, -0.05) is 17.7 Å². The Kier molecular flexibility index (Phi) is 2.84. The molecule has 3 aromatic rings. The molecule has 3 nitrogen and oxygen atoms in total. The number of hydrogen-bond donors (Lipinski definition) is 0. The molecule has 0 atom stereocenters. The van der Waals surface area contributed by atoms with Crippen LogP contribution in [0.2, 0.25) is 5.02 Å². The third-order valence-electron chi connectivity index (χ3n) is 2.89. The average molecular weight is 272 g/mol. The molecule has 2 aromatic carbocycles. The molecule has 0 aliphatic carbocycles. The summed E-state index contributed by atoms with van der Waals surface area (Å²) in [5.74, 6) is 0.449. The van der Waals surface area contributed by atoms with Crippen LogP contribution in [0.25, 0.3) is 22.6 Å². The number of carbonyl (C=O) groups is 1. The van der Waals surface area contributed by atoms with Gasteiger partial charge < -0.3 is 4.42 Å². The third kappa shape index (κ3) is 2.13. The summed E-state index contributed by atoms with van der Waals surface area (Å²) in [7, 11) is 0. The molecule has 94 valence electrons. The van der Waals surface area contributed by atoms with E-state index in [-0.39, 0.29) is 5.78 Å². The largest absolute Gasteiger partial charge is 0.435 e. The smallest absolute Gasteiger partial charge is 0.227 e. The van der Waals surface area contributed by atoms with Gasteiger partial charge in [0.1, 0.15) is 5.52 Å². The van der Waals surface area contributed by atoms with Crippen LogP contribution in [0.5, 0.6) is 0 Å². The lowest BCUT2D eigenvalue weighted by molar-refractivity contribution is 0.101. The summed E-state index contributed by atoms with van der Waals surface area (Å²) in [6, 6.07) is 12.6. The summed E-state index contributed by atoms with van der Waals surface area (Å²) >= 11 is 5.85. The van der Waals surface area contributed by atoms with Crippen LogP contribution in [0.1, 0.15) is 17.3 Å².